The first-order valence-electron chi connectivity index (χ1n) is 8.96. The molecule has 0 radical (unpaired) electrons. The van der Waals surface area contributed by atoms with Gasteiger partial charge < -0.3 is 5.32 Å². The summed E-state index contributed by atoms with van der Waals surface area (Å²) < 4.78 is 0. The molecule has 0 aromatic heterocycles. The van der Waals surface area contributed by atoms with Gasteiger partial charge in [0.1, 0.15) is 0 Å². The Kier molecular flexibility index (Phi) is 5.53. The maximum Gasteiger partial charge on any atom is 0.0257 e. The largest absolute Gasteiger partial charge is 0.312 e. The zero-order valence-electron chi connectivity index (χ0n) is 14.4. The summed E-state index contributed by atoms with van der Waals surface area (Å²) in [5.74, 6) is 1.77. The summed E-state index contributed by atoms with van der Waals surface area (Å²) >= 11 is 0. The fourth-order valence-corrected chi connectivity index (χ4v) is 4.44. The molecule has 1 aliphatic heterocycles. The van der Waals surface area contributed by atoms with Crippen molar-refractivity contribution in [3.8, 4) is 0 Å². The van der Waals surface area contributed by atoms with Crippen molar-refractivity contribution in [2.24, 2.45) is 11.8 Å². The molecule has 1 aliphatic carbocycles. The SMILES string of the molecule is CCCNC1CCC(C(C)C)CC1N1CCCC1(C)C. The minimum atomic E-state index is 0.412. The van der Waals surface area contributed by atoms with Crippen LogP contribution in [-0.4, -0.2) is 35.6 Å². The van der Waals surface area contributed by atoms with E-state index in [9.17, 15) is 0 Å². The molecule has 1 N–H and O–H groups in total. The second-order valence-electron chi connectivity index (χ2n) is 8.05. The molecule has 2 fully saturated rings. The van der Waals surface area contributed by atoms with E-state index in [4.69, 9.17) is 0 Å². The molecule has 118 valence electrons. The molecule has 2 aliphatic rings. The fourth-order valence-electron chi connectivity index (χ4n) is 4.44. The Morgan fingerprint density at radius 3 is 2.55 bits per heavy atom. The van der Waals surface area contributed by atoms with Crippen molar-refractivity contribution in [3.05, 3.63) is 0 Å². The third kappa shape index (κ3) is 3.57. The van der Waals surface area contributed by atoms with E-state index in [-0.39, 0.29) is 0 Å². The normalized spacial score (nSPS) is 34.8. The van der Waals surface area contributed by atoms with Gasteiger partial charge in [-0.2, -0.15) is 0 Å². The molecule has 2 rings (SSSR count). The van der Waals surface area contributed by atoms with Crippen LogP contribution in [0.2, 0.25) is 0 Å². The molecule has 0 bridgehead atoms. The molecule has 1 heterocycles. The van der Waals surface area contributed by atoms with Gasteiger partial charge in [0, 0.05) is 17.6 Å². The van der Waals surface area contributed by atoms with Crippen molar-refractivity contribution < 1.29 is 0 Å². The molecule has 1 saturated carbocycles. The fraction of sp³-hybridized carbons (Fsp3) is 1.00. The first-order chi connectivity index (χ1) is 9.45. The van der Waals surface area contributed by atoms with E-state index < -0.39 is 0 Å². The second-order valence-corrected chi connectivity index (χ2v) is 8.05. The summed E-state index contributed by atoms with van der Waals surface area (Å²) in [7, 11) is 0. The highest BCUT2D eigenvalue weighted by Gasteiger charge is 2.42. The van der Waals surface area contributed by atoms with E-state index in [0.717, 1.165) is 23.9 Å². The molecular formula is C18H36N2. The van der Waals surface area contributed by atoms with Gasteiger partial charge in [0.15, 0.2) is 0 Å². The van der Waals surface area contributed by atoms with E-state index in [0.29, 0.717) is 5.54 Å². The van der Waals surface area contributed by atoms with Gasteiger partial charge in [0.25, 0.3) is 0 Å². The molecule has 0 spiro atoms. The highest BCUT2D eigenvalue weighted by atomic mass is 15.3. The molecule has 0 aromatic rings. The lowest BCUT2D eigenvalue weighted by Crippen LogP contribution is -2.57. The van der Waals surface area contributed by atoms with Gasteiger partial charge in [0.05, 0.1) is 0 Å². The molecule has 0 aromatic carbocycles. The van der Waals surface area contributed by atoms with Gasteiger partial charge in [0.2, 0.25) is 0 Å². The van der Waals surface area contributed by atoms with Gasteiger partial charge >= 0.3 is 0 Å². The zero-order valence-corrected chi connectivity index (χ0v) is 14.4. The number of likely N-dealkylation sites (tertiary alicyclic amines) is 1. The predicted molar refractivity (Wildman–Crippen MR) is 88.1 cm³/mol. The zero-order chi connectivity index (χ0) is 14.8. The Morgan fingerprint density at radius 1 is 1.25 bits per heavy atom. The minimum Gasteiger partial charge on any atom is -0.312 e. The van der Waals surface area contributed by atoms with E-state index in [2.05, 4.69) is 44.8 Å². The van der Waals surface area contributed by atoms with Crippen LogP contribution in [0.5, 0.6) is 0 Å². The van der Waals surface area contributed by atoms with Crippen LogP contribution >= 0.6 is 0 Å². The van der Waals surface area contributed by atoms with Crippen LogP contribution < -0.4 is 5.32 Å². The second kappa shape index (κ2) is 6.79. The molecule has 0 amide bonds. The van der Waals surface area contributed by atoms with Gasteiger partial charge in [-0.15, -0.1) is 0 Å². The minimum absolute atomic E-state index is 0.412. The van der Waals surface area contributed by atoms with Gasteiger partial charge in [-0.25, -0.2) is 0 Å². The number of rotatable bonds is 5. The van der Waals surface area contributed by atoms with Crippen molar-refractivity contribution in [1.29, 1.82) is 0 Å². The third-order valence-corrected chi connectivity index (χ3v) is 5.82. The van der Waals surface area contributed by atoms with Crippen LogP contribution in [0.3, 0.4) is 0 Å². The molecule has 1 saturated heterocycles. The van der Waals surface area contributed by atoms with Crippen LogP contribution in [-0.2, 0) is 0 Å². The number of hydrogen-bond acceptors (Lipinski definition) is 2. The first kappa shape index (κ1) is 16.3. The summed E-state index contributed by atoms with van der Waals surface area (Å²) in [4.78, 5) is 2.84. The Hall–Kier alpha value is -0.0800. The summed E-state index contributed by atoms with van der Waals surface area (Å²) in [5.41, 5.74) is 0.412. The lowest BCUT2D eigenvalue weighted by molar-refractivity contribution is 0.0403. The van der Waals surface area contributed by atoms with Crippen LogP contribution in [0, 0.1) is 11.8 Å². The van der Waals surface area contributed by atoms with Gasteiger partial charge in [-0.1, -0.05) is 20.8 Å². The van der Waals surface area contributed by atoms with Crippen molar-refractivity contribution >= 4 is 0 Å². The van der Waals surface area contributed by atoms with Crippen LogP contribution in [0.15, 0.2) is 0 Å². The van der Waals surface area contributed by atoms with Crippen molar-refractivity contribution in [2.45, 2.75) is 90.8 Å². The van der Waals surface area contributed by atoms with Gasteiger partial charge in [-0.3, -0.25) is 4.90 Å². The number of nitrogens with zero attached hydrogens (tertiary/aromatic N) is 1. The maximum absolute atomic E-state index is 3.85. The lowest BCUT2D eigenvalue weighted by Gasteiger charge is -2.47. The van der Waals surface area contributed by atoms with Crippen molar-refractivity contribution in [3.63, 3.8) is 0 Å². The smallest absolute Gasteiger partial charge is 0.0257 e. The summed E-state index contributed by atoms with van der Waals surface area (Å²) in [5, 5.41) is 3.85. The Morgan fingerprint density at radius 2 is 2.00 bits per heavy atom. The topological polar surface area (TPSA) is 15.3 Å². The summed E-state index contributed by atoms with van der Waals surface area (Å²) in [6.45, 7) is 14.5. The Bertz CT molecular complexity index is 298. The van der Waals surface area contributed by atoms with E-state index in [1.807, 2.05) is 0 Å². The molecule has 3 unspecified atom stereocenters. The first-order valence-corrected chi connectivity index (χ1v) is 8.96. The maximum atomic E-state index is 3.85. The Balaban J connectivity index is 2.08. The highest BCUT2D eigenvalue weighted by molar-refractivity contribution is 4.99. The summed E-state index contributed by atoms with van der Waals surface area (Å²) in [6.07, 6.45) is 8.21. The lowest BCUT2D eigenvalue weighted by atomic mass is 9.75. The number of hydrogen-bond donors (Lipinski definition) is 1. The van der Waals surface area contributed by atoms with Crippen LogP contribution in [0.4, 0.5) is 0 Å². The quantitative estimate of drug-likeness (QED) is 0.817. The van der Waals surface area contributed by atoms with Gasteiger partial charge in [-0.05, 0) is 77.3 Å². The van der Waals surface area contributed by atoms with E-state index in [1.54, 1.807) is 0 Å². The third-order valence-electron chi connectivity index (χ3n) is 5.82. The number of nitrogens with one attached hydrogen (secondary N) is 1. The predicted octanol–water partition coefficient (Wildman–Crippen LogP) is 4.05. The van der Waals surface area contributed by atoms with Crippen LogP contribution in [0.1, 0.15) is 73.1 Å². The molecule has 2 heteroatoms. The highest BCUT2D eigenvalue weighted by Crippen LogP contribution is 2.39. The van der Waals surface area contributed by atoms with Crippen molar-refractivity contribution in [1.82, 2.24) is 10.2 Å². The monoisotopic (exact) mass is 280 g/mol. The van der Waals surface area contributed by atoms with Crippen molar-refractivity contribution in [2.75, 3.05) is 13.1 Å². The molecule has 2 nitrogen and oxygen atoms in total. The molecular weight excluding hydrogens is 244 g/mol. The molecule has 3 atom stereocenters. The Labute approximate surface area is 126 Å². The van der Waals surface area contributed by atoms with Crippen LogP contribution in [0.25, 0.3) is 0 Å². The average Bonchev–Trinajstić information content (AvgIpc) is 2.75. The van der Waals surface area contributed by atoms with E-state index >= 15 is 0 Å². The standard InChI is InChI=1S/C18H36N2/c1-6-11-19-16-9-8-15(14(2)3)13-17(16)20-12-7-10-18(20,4)5/h14-17,19H,6-13H2,1-5H3. The van der Waals surface area contributed by atoms with E-state index in [1.165, 1.54) is 51.6 Å². The average molecular weight is 280 g/mol. The molecule has 20 heavy (non-hydrogen) atoms. The summed E-state index contributed by atoms with van der Waals surface area (Å²) in [6, 6.07) is 1.49.